The molecule has 1 heterocycles. The van der Waals surface area contributed by atoms with E-state index in [0.29, 0.717) is 19.4 Å². The molecule has 0 aromatic carbocycles. The Morgan fingerprint density at radius 2 is 2.27 bits per heavy atom. The van der Waals surface area contributed by atoms with Crippen LogP contribution in [0.4, 0.5) is 0 Å². The van der Waals surface area contributed by atoms with Gasteiger partial charge in [0.2, 0.25) is 0 Å². The first-order valence-corrected chi connectivity index (χ1v) is 3.73. The van der Waals surface area contributed by atoms with Crippen molar-refractivity contribution in [3.05, 3.63) is 0 Å². The minimum Gasteiger partial charge on any atom is -0.479 e. The number of hydrogen-bond acceptors (Lipinski definition) is 3. The number of nitrogens with two attached hydrogens (primary N) is 1. The summed E-state index contributed by atoms with van der Waals surface area (Å²) >= 11 is 0. The van der Waals surface area contributed by atoms with Gasteiger partial charge in [0, 0.05) is 12.0 Å². The number of carboxylic acid groups (broad SMARTS) is 1. The number of fused-ring (bicyclic) bond motifs is 2. The molecule has 0 radical (unpaired) electrons. The topological polar surface area (TPSA) is 72.6 Å². The van der Waals surface area contributed by atoms with Gasteiger partial charge in [0.15, 0.2) is 5.60 Å². The average Bonchev–Trinajstić information content (AvgIpc) is 2.42. The molecule has 0 amide bonds. The van der Waals surface area contributed by atoms with Crippen LogP contribution in [0.2, 0.25) is 0 Å². The van der Waals surface area contributed by atoms with Gasteiger partial charge < -0.3 is 15.6 Å². The largest absolute Gasteiger partial charge is 0.479 e. The maximum atomic E-state index is 10.7. The second-order valence-electron chi connectivity index (χ2n) is 3.63. The van der Waals surface area contributed by atoms with E-state index in [4.69, 9.17) is 15.6 Å². The first-order chi connectivity index (χ1) is 5.06. The number of rotatable bonds is 1. The highest BCUT2D eigenvalue weighted by Gasteiger charge is 2.58. The van der Waals surface area contributed by atoms with Crippen LogP contribution < -0.4 is 5.73 Å². The van der Waals surface area contributed by atoms with Crippen molar-refractivity contribution in [2.24, 2.45) is 5.73 Å². The van der Waals surface area contributed by atoms with Crippen molar-refractivity contribution in [1.29, 1.82) is 0 Å². The Bertz CT molecular complexity index is 206. The molecule has 2 fully saturated rings. The number of ether oxygens (including phenoxy) is 1. The van der Waals surface area contributed by atoms with E-state index < -0.39 is 11.6 Å². The molecule has 2 unspecified atom stereocenters. The summed E-state index contributed by atoms with van der Waals surface area (Å²) < 4.78 is 5.18. The van der Waals surface area contributed by atoms with Gasteiger partial charge in [-0.15, -0.1) is 0 Å². The molecule has 2 aliphatic rings. The Hall–Kier alpha value is -0.610. The third-order valence-electron chi connectivity index (χ3n) is 2.69. The summed E-state index contributed by atoms with van der Waals surface area (Å²) in [5, 5.41) is 8.82. The third kappa shape index (κ3) is 0.795. The van der Waals surface area contributed by atoms with E-state index >= 15 is 0 Å². The van der Waals surface area contributed by atoms with Crippen molar-refractivity contribution >= 4 is 5.97 Å². The summed E-state index contributed by atoms with van der Waals surface area (Å²) in [4.78, 5) is 10.7. The molecule has 1 saturated carbocycles. The van der Waals surface area contributed by atoms with Crippen LogP contribution in [-0.4, -0.2) is 28.8 Å². The number of aliphatic carboxylic acids is 1. The van der Waals surface area contributed by atoms with Crippen LogP contribution in [0.1, 0.15) is 19.3 Å². The van der Waals surface area contributed by atoms with Crippen molar-refractivity contribution in [2.75, 3.05) is 6.61 Å². The lowest BCUT2D eigenvalue weighted by Gasteiger charge is -2.22. The van der Waals surface area contributed by atoms with E-state index in [-0.39, 0.29) is 5.54 Å². The normalized spacial score (nSPS) is 48.1. The molecule has 11 heavy (non-hydrogen) atoms. The smallest absolute Gasteiger partial charge is 0.336 e. The molecule has 2 atom stereocenters. The first kappa shape index (κ1) is 7.06. The Morgan fingerprint density at radius 3 is 2.45 bits per heavy atom. The molecular weight excluding hydrogens is 146 g/mol. The van der Waals surface area contributed by atoms with Gasteiger partial charge in [0.05, 0.1) is 6.61 Å². The maximum Gasteiger partial charge on any atom is 0.336 e. The summed E-state index contributed by atoms with van der Waals surface area (Å²) in [5.74, 6) is -0.859. The van der Waals surface area contributed by atoms with E-state index in [0.717, 1.165) is 6.42 Å². The minimum atomic E-state index is -0.936. The highest BCUT2D eigenvalue weighted by atomic mass is 16.5. The van der Waals surface area contributed by atoms with Gasteiger partial charge in [0.1, 0.15) is 0 Å². The molecular formula is C7H11NO3. The average molecular weight is 157 g/mol. The van der Waals surface area contributed by atoms with Crippen molar-refractivity contribution in [2.45, 2.75) is 30.4 Å². The fourth-order valence-electron chi connectivity index (χ4n) is 1.97. The SMILES string of the molecule is NC12CCC(C(=O)O)(C1)OC2. The molecule has 1 aliphatic carbocycles. The van der Waals surface area contributed by atoms with Crippen molar-refractivity contribution in [1.82, 2.24) is 0 Å². The number of hydrogen-bond donors (Lipinski definition) is 2. The molecule has 0 aromatic rings. The van der Waals surface area contributed by atoms with Gasteiger partial charge >= 0.3 is 5.97 Å². The van der Waals surface area contributed by atoms with Crippen LogP contribution in [-0.2, 0) is 9.53 Å². The molecule has 0 spiro atoms. The van der Waals surface area contributed by atoms with Crippen LogP contribution in [0.25, 0.3) is 0 Å². The fourth-order valence-corrected chi connectivity index (χ4v) is 1.97. The molecule has 0 aromatic heterocycles. The second kappa shape index (κ2) is 1.76. The monoisotopic (exact) mass is 157 g/mol. The molecule has 4 heteroatoms. The Labute approximate surface area is 64.3 Å². The summed E-state index contributed by atoms with van der Waals surface area (Å²) in [7, 11) is 0. The number of carbonyl (C=O) groups is 1. The first-order valence-electron chi connectivity index (χ1n) is 3.73. The van der Waals surface area contributed by atoms with E-state index in [2.05, 4.69) is 0 Å². The van der Waals surface area contributed by atoms with Crippen LogP contribution in [0, 0.1) is 0 Å². The zero-order valence-electron chi connectivity index (χ0n) is 6.17. The predicted molar refractivity (Wildman–Crippen MR) is 37.1 cm³/mol. The fraction of sp³-hybridized carbons (Fsp3) is 0.857. The van der Waals surface area contributed by atoms with Gasteiger partial charge in [-0.2, -0.15) is 0 Å². The zero-order valence-corrected chi connectivity index (χ0v) is 6.17. The molecule has 3 N–H and O–H groups in total. The quantitative estimate of drug-likeness (QED) is 0.549. The Morgan fingerprint density at radius 1 is 1.55 bits per heavy atom. The van der Waals surface area contributed by atoms with E-state index in [1.165, 1.54) is 0 Å². The molecule has 62 valence electrons. The van der Waals surface area contributed by atoms with Crippen molar-refractivity contribution in [3.8, 4) is 0 Å². The molecule has 2 bridgehead atoms. The van der Waals surface area contributed by atoms with Crippen molar-refractivity contribution in [3.63, 3.8) is 0 Å². The number of carboxylic acids is 1. The Kier molecular flexibility index (Phi) is 1.13. The lowest BCUT2D eigenvalue weighted by molar-refractivity contribution is -0.161. The maximum absolute atomic E-state index is 10.7. The van der Waals surface area contributed by atoms with Crippen LogP contribution in [0.5, 0.6) is 0 Å². The lowest BCUT2D eigenvalue weighted by Crippen LogP contribution is -2.39. The van der Waals surface area contributed by atoms with Crippen LogP contribution >= 0.6 is 0 Å². The lowest BCUT2D eigenvalue weighted by atomic mass is 10.0. The summed E-state index contributed by atoms with van der Waals surface area (Å²) in [6.45, 7) is 0.402. The van der Waals surface area contributed by atoms with Gasteiger partial charge in [0.25, 0.3) is 0 Å². The summed E-state index contributed by atoms with van der Waals surface area (Å²) in [5.41, 5.74) is 4.55. The van der Waals surface area contributed by atoms with Gasteiger partial charge in [-0.3, -0.25) is 0 Å². The van der Waals surface area contributed by atoms with E-state index in [1.54, 1.807) is 0 Å². The van der Waals surface area contributed by atoms with Crippen LogP contribution in [0.15, 0.2) is 0 Å². The third-order valence-corrected chi connectivity index (χ3v) is 2.69. The van der Waals surface area contributed by atoms with Gasteiger partial charge in [-0.05, 0) is 12.8 Å². The molecule has 4 nitrogen and oxygen atoms in total. The highest BCUT2D eigenvalue weighted by molar-refractivity contribution is 5.79. The van der Waals surface area contributed by atoms with Crippen molar-refractivity contribution < 1.29 is 14.6 Å². The molecule has 1 saturated heterocycles. The predicted octanol–water partition coefficient (Wildman–Crippen LogP) is -0.279. The summed E-state index contributed by atoms with van der Waals surface area (Å²) in [6, 6.07) is 0. The zero-order chi connectivity index (χ0) is 8.11. The molecule has 1 aliphatic heterocycles. The minimum absolute atomic E-state index is 0.349. The van der Waals surface area contributed by atoms with Crippen LogP contribution in [0.3, 0.4) is 0 Å². The van der Waals surface area contributed by atoms with E-state index in [9.17, 15) is 4.79 Å². The van der Waals surface area contributed by atoms with E-state index in [1.807, 2.05) is 0 Å². The highest BCUT2D eigenvalue weighted by Crippen LogP contribution is 2.45. The van der Waals surface area contributed by atoms with Gasteiger partial charge in [-0.25, -0.2) is 4.79 Å². The van der Waals surface area contributed by atoms with Gasteiger partial charge in [-0.1, -0.05) is 0 Å². The molecule has 2 rings (SSSR count). The Balaban J connectivity index is 2.27. The second-order valence-corrected chi connectivity index (χ2v) is 3.63. The summed E-state index contributed by atoms with van der Waals surface area (Å²) in [6.07, 6.45) is 1.83. The standard InChI is InChI=1S/C7H11NO3/c8-6-1-2-7(3-6,5(9)10)11-4-6/h1-4,8H2,(H,9,10).